The van der Waals surface area contributed by atoms with E-state index >= 15 is 0 Å². The van der Waals surface area contributed by atoms with Crippen molar-refractivity contribution in [1.82, 2.24) is 4.98 Å². The number of aromatic nitrogens is 1. The smallest absolute Gasteiger partial charge is 0.337 e. The zero-order valence-electron chi connectivity index (χ0n) is 9.23. The number of pyridine rings is 1. The summed E-state index contributed by atoms with van der Waals surface area (Å²) in [6.45, 7) is 0. The fourth-order valence-electron chi connectivity index (χ4n) is 1.30. The summed E-state index contributed by atoms with van der Waals surface area (Å²) in [4.78, 5) is 14.7. The quantitative estimate of drug-likeness (QED) is 0.908. The average molecular weight is 347 g/mol. The zero-order chi connectivity index (χ0) is 14.0. The second-order valence-corrected chi connectivity index (χ2v) is 4.75. The Kier molecular flexibility index (Phi) is 4.01. The van der Waals surface area contributed by atoms with E-state index < -0.39 is 11.8 Å². The summed E-state index contributed by atoms with van der Waals surface area (Å²) in [5.74, 6) is -1.47. The van der Waals surface area contributed by atoms with Crippen LogP contribution in [-0.4, -0.2) is 16.1 Å². The lowest BCUT2D eigenvalue weighted by Crippen LogP contribution is -1.99. The highest BCUT2D eigenvalue weighted by Gasteiger charge is 2.12. The summed E-state index contributed by atoms with van der Waals surface area (Å²) in [6, 6.07) is 5.31. The molecule has 0 aliphatic rings. The number of hydrogen-bond donors (Lipinski definition) is 1. The zero-order valence-corrected chi connectivity index (χ0v) is 11.6. The van der Waals surface area contributed by atoms with Crippen molar-refractivity contribution < 1.29 is 19.0 Å². The molecule has 0 saturated heterocycles. The number of ether oxygens (including phenoxy) is 1. The molecular weight excluding hydrogens is 340 g/mol. The van der Waals surface area contributed by atoms with Gasteiger partial charge in [0, 0.05) is 12.1 Å². The highest BCUT2D eigenvalue weighted by atomic mass is 79.9. The lowest BCUT2D eigenvalue weighted by Gasteiger charge is -2.06. The summed E-state index contributed by atoms with van der Waals surface area (Å²) in [6.07, 6.45) is 1.16. The van der Waals surface area contributed by atoms with E-state index in [2.05, 4.69) is 20.9 Å². The number of carbonyl (C=O) groups is 1. The van der Waals surface area contributed by atoms with Gasteiger partial charge in [0.25, 0.3) is 0 Å². The lowest BCUT2D eigenvalue weighted by molar-refractivity contribution is 0.0696. The topological polar surface area (TPSA) is 59.4 Å². The van der Waals surface area contributed by atoms with Crippen LogP contribution >= 0.6 is 27.5 Å². The van der Waals surface area contributed by atoms with Crippen LogP contribution in [0.25, 0.3) is 0 Å². The standard InChI is InChI=1S/C12H6BrClFNO3/c13-8-2-1-6(3-10(8)15)19-11-4-7(12(17)18)9(14)5-16-11/h1-5H,(H,17,18). The molecule has 1 heterocycles. The number of rotatable bonds is 3. The van der Waals surface area contributed by atoms with Gasteiger partial charge >= 0.3 is 5.97 Å². The van der Waals surface area contributed by atoms with Crippen molar-refractivity contribution in [3.63, 3.8) is 0 Å². The van der Waals surface area contributed by atoms with Crippen molar-refractivity contribution in [3.05, 3.63) is 51.3 Å². The molecule has 0 bridgehead atoms. The molecule has 0 aliphatic carbocycles. The van der Waals surface area contributed by atoms with E-state index in [0.717, 1.165) is 12.3 Å². The summed E-state index contributed by atoms with van der Waals surface area (Å²) < 4.78 is 18.9. The van der Waals surface area contributed by atoms with Crippen LogP contribution in [0.15, 0.2) is 34.9 Å². The number of nitrogens with zero attached hydrogens (tertiary/aromatic N) is 1. The first-order valence-electron chi connectivity index (χ1n) is 4.99. The van der Waals surface area contributed by atoms with Gasteiger partial charge in [-0.05, 0) is 28.1 Å². The van der Waals surface area contributed by atoms with Crippen LogP contribution in [0.3, 0.4) is 0 Å². The van der Waals surface area contributed by atoms with Crippen LogP contribution < -0.4 is 4.74 Å². The molecule has 0 spiro atoms. The third-order valence-electron chi connectivity index (χ3n) is 2.17. The Hall–Kier alpha value is -1.66. The molecule has 98 valence electrons. The summed E-state index contributed by atoms with van der Waals surface area (Å²) in [5, 5.41) is 8.90. The minimum absolute atomic E-state index is 0.00170. The van der Waals surface area contributed by atoms with Gasteiger partial charge in [0.1, 0.15) is 11.6 Å². The van der Waals surface area contributed by atoms with Crippen LogP contribution in [0.1, 0.15) is 10.4 Å². The van der Waals surface area contributed by atoms with Crippen molar-refractivity contribution >= 4 is 33.5 Å². The van der Waals surface area contributed by atoms with Gasteiger partial charge in [0.05, 0.1) is 21.3 Å². The summed E-state index contributed by atoms with van der Waals surface area (Å²) in [5.41, 5.74) is -0.135. The Labute approximate surface area is 120 Å². The van der Waals surface area contributed by atoms with Gasteiger partial charge in [-0.2, -0.15) is 0 Å². The molecule has 0 fully saturated rings. The van der Waals surface area contributed by atoms with Gasteiger partial charge in [0.2, 0.25) is 5.88 Å². The van der Waals surface area contributed by atoms with Gasteiger partial charge < -0.3 is 9.84 Å². The van der Waals surface area contributed by atoms with Crippen LogP contribution in [0.4, 0.5) is 4.39 Å². The van der Waals surface area contributed by atoms with Crippen molar-refractivity contribution in [2.75, 3.05) is 0 Å². The highest BCUT2D eigenvalue weighted by Crippen LogP contribution is 2.26. The fourth-order valence-corrected chi connectivity index (χ4v) is 1.73. The molecule has 19 heavy (non-hydrogen) atoms. The maximum absolute atomic E-state index is 13.3. The van der Waals surface area contributed by atoms with Gasteiger partial charge in [-0.3, -0.25) is 0 Å². The van der Waals surface area contributed by atoms with E-state index in [4.69, 9.17) is 21.4 Å². The van der Waals surface area contributed by atoms with Crippen molar-refractivity contribution in [2.24, 2.45) is 0 Å². The molecular formula is C12H6BrClFNO3. The minimum atomic E-state index is -1.20. The number of benzene rings is 1. The first-order valence-corrected chi connectivity index (χ1v) is 6.16. The molecule has 0 unspecified atom stereocenters. The normalized spacial score (nSPS) is 10.3. The van der Waals surface area contributed by atoms with Crippen molar-refractivity contribution in [2.45, 2.75) is 0 Å². The third kappa shape index (κ3) is 3.21. The monoisotopic (exact) mass is 345 g/mol. The van der Waals surface area contributed by atoms with E-state index in [1.54, 1.807) is 0 Å². The predicted octanol–water partition coefficient (Wildman–Crippen LogP) is 4.13. The molecule has 0 atom stereocenters. The Morgan fingerprint density at radius 1 is 1.42 bits per heavy atom. The van der Waals surface area contributed by atoms with Gasteiger partial charge in [-0.25, -0.2) is 14.2 Å². The first-order chi connectivity index (χ1) is 8.97. The van der Waals surface area contributed by atoms with E-state index in [1.807, 2.05) is 0 Å². The summed E-state index contributed by atoms with van der Waals surface area (Å²) >= 11 is 8.69. The second-order valence-electron chi connectivity index (χ2n) is 3.49. The van der Waals surface area contributed by atoms with Crippen molar-refractivity contribution in [3.8, 4) is 11.6 Å². The van der Waals surface area contributed by atoms with E-state index in [-0.39, 0.29) is 22.2 Å². The lowest BCUT2D eigenvalue weighted by atomic mass is 10.2. The largest absolute Gasteiger partial charge is 0.478 e. The molecule has 2 aromatic rings. The van der Waals surface area contributed by atoms with Gasteiger partial charge in [-0.1, -0.05) is 11.6 Å². The Bertz CT molecular complexity index is 651. The molecule has 4 nitrogen and oxygen atoms in total. The molecule has 0 saturated carbocycles. The molecule has 7 heteroatoms. The second kappa shape index (κ2) is 5.54. The average Bonchev–Trinajstić information content (AvgIpc) is 2.36. The fraction of sp³-hybridized carbons (Fsp3) is 0. The Morgan fingerprint density at radius 2 is 2.16 bits per heavy atom. The molecule has 1 aromatic heterocycles. The number of hydrogen-bond acceptors (Lipinski definition) is 3. The van der Waals surface area contributed by atoms with Crippen LogP contribution in [0.5, 0.6) is 11.6 Å². The molecule has 0 aliphatic heterocycles. The van der Waals surface area contributed by atoms with E-state index in [0.29, 0.717) is 4.47 Å². The van der Waals surface area contributed by atoms with Gasteiger partial charge in [0.15, 0.2) is 0 Å². The summed E-state index contributed by atoms with van der Waals surface area (Å²) in [7, 11) is 0. The van der Waals surface area contributed by atoms with E-state index in [1.165, 1.54) is 18.2 Å². The Balaban J connectivity index is 2.30. The predicted molar refractivity (Wildman–Crippen MR) is 70.4 cm³/mol. The van der Waals surface area contributed by atoms with Crippen molar-refractivity contribution in [1.29, 1.82) is 0 Å². The Morgan fingerprint density at radius 3 is 2.79 bits per heavy atom. The first kappa shape index (κ1) is 13.8. The minimum Gasteiger partial charge on any atom is -0.478 e. The van der Waals surface area contributed by atoms with Crippen LogP contribution in [0, 0.1) is 5.82 Å². The maximum Gasteiger partial charge on any atom is 0.337 e. The molecule has 1 aromatic carbocycles. The SMILES string of the molecule is O=C(O)c1cc(Oc2ccc(Br)c(F)c2)ncc1Cl. The third-order valence-corrected chi connectivity index (χ3v) is 3.12. The van der Waals surface area contributed by atoms with E-state index in [9.17, 15) is 9.18 Å². The number of carboxylic acid groups (broad SMARTS) is 1. The number of carboxylic acids is 1. The van der Waals surface area contributed by atoms with Gasteiger partial charge in [-0.15, -0.1) is 0 Å². The molecule has 0 radical (unpaired) electrons. The molecule has 1 N–H and O–H groups in total. The molecule has 2 rings (SSSR count). The highest BCUT2D eigenvalue weighted by molar-refractivity contribution is 9.10. The number of halogens is 3. The van der Waals surface area contributed by atoms with Crippen LogP contribution in [-0.2, 0) is 0 Å². The number of aromatic carboxylic acids is 1. The molecule has 0 amide bonds. The maximum atomic E-state index is 13.3. The van der Waals surface area contributed by atoms with Crippen LogP contribution in [0.2, 0.25) is 5.02 Å².